The standard InChI is InChI=1S/C15H18N6/c1-12(2)21-9-16-7-15(21)8-17-13-4-3-5-14(6-13)20-10-18-19-11-20/h3-7,9-12,17H,8H2,1-2H3. The molecule has 6 heteroatoms. The molecule has 0 radical (unpaired) electrons. The minimum Gasteiger partial charge on any atom is -0.379 e. The van der Waals surface area contributed by atoms with Crippen molar-refractivity contribution in [2.75, 3.05) is 5.32 Å². The maximum atomic E-state index is 4.22. The van der Waals surface area contributed by atoms with Crippen LogP contribution >= 0.6 is 0 Å². The molecule has 0 saturated carbocycles. The summed E-state index contributed by atoms with van der Waals surface area (Å²) in [6, 6.07) is 8.56. The second kappa shape index (κ2) is 5.78. The molecule has 2 heterocycles. The highest BCUT2D eigenvalue weighted by atomic mass is 15.2. The Bertz CT molecular complexity index is 699. The van der Waals surface area contributed by atoms with Gasteiger partial charge in [-0.2, -0.15) is 0 Å². The van der Waals surface area contributed by atoms with Crippen LogP contribution in [0.1, 0.15) is 25.6 Å². The molecule has 0 spiro atoms. The van der Waals surface area contributed by atoms with Crippen LogP contribution in [0, 0.1) is 0 Å². The predicted octanol–water partition coefficient (Wildman–Crippen LogP) is 2.66. The number of rotatable bonds is 5. The van der Waals surface area contributed by atoms with Gasteiger partial charge in [0.15, 0.2) is 0 Å². The first-order chi connectivity index (χ1) is 10.2. The Morgan fingerprint density at radius 1 is 1.14 bits per heavy atom. The van der Waals surface area contributed by atoms with Crippen molar-refractivity contribution < 1.29 is 0 Å². The van der Waals surface area contributed by atoms with Gasteiger partial charge >= 0.3 is 0 Å². The van der Waals surface area contributed by atoms with Crippen molar-refractivity contribution in [2.24, 2.45) is 0 Å². The maximum Gasteiger partial charge on any atom is 0.123 e. The normalized spacial score (nSPS) is 11.0. The predicted molar refractivity (Wildman–Crippen MR) is 81.3 cm³/mol. The molecule has 2 aromatic heterocycles. The van der Waals surface area contributed by atoms with Crippen molar-refractivity contribution in [3.63, 3.8) is 0 Å². The Morgan fingerprint density at radius 2 is 1.95 bits per heavy atom. The number of nitrogens with zero attached hydrogens (tertiary/aromatic N) is 5. The fourth-order valence-electron chi connectivity index (χ4n) is 2.24. The number of aromatic nitrogens is 5. The molecular formula is C15H18N6. The van der Waals surface area contributed by atoms with Gasteiger partial charge in [-0.25, -0.2) is 4.98 Å². The van der Waals surface area contributed by atoms with Gasteiger partial charge in [-0.1, -0.05) is 6.07 Å². The van der Waals surface area contributed by atoms with Gasteiger partial charge in [0.25, 0.3) is 0 Å². The highest BCUT2D eigenvalue weighted by Crippen LogP contribution is 2.16. The Labute approximate surface area is 123 Å². The van der Waals surface area contributed by atoms with Crippen LogP contribution in [0.5, 0.6) is 0 Å². The number of hydrogen-bond donors (Lipinski definition) is 1. The summed E-state index contributed by atoms with van der Waals surface area (Å²) >= 11 is 0. The third kappa shape index (κ3) is 2.94. The molecule has 108 valence electrons. The molecule has 0 amide bonds. The lowest BCUT2D eigenvalue weighted by molar-refractivity contribution is 0.577. The Hall–Kier alpha value is -2.63. The number of nitrogens with one attached hydrogen (secondary N) is 1. The highest BCUT2D eigenvalue weighted by molar-refractivity contribution is 5.51. The summed E-state index contributed by atoms with van der Waals surface area (Å²) in [4.78, 5) is 4.22. The summed E-state index contributed by atoms with van der Waals surface area (Å²) in [5, 5.41) is 11.1. The van der Waals surface area contributed by atoms with E-state index in [9.17, 15) is 0 Å². The first-order valence-electron chi connectivity index (χ1n) is 6.93. The molecule has 0 aliphatic heterocycles. The van der Waals surface area contributed by atoms with Crippen LogP contribution in [-0.2, 0) is 6.54 Å². The van der Waals surface area contributed by atoms with Gasteiger partial charge < -0.3 is 9.88 Å². The molecule has 0 bridgehead atoms. The molecule has 0 saturated heterocycles. The topological polar surface area (TPSA) is 60.6 Å². The summed E-state index contributed by atoms with van der Waals surface area (Å²) in [6.07, 6.45) is 7.14. The number of benzene rings is 1. The minimum atomic E-state index is 0.410. The van der Waals surface area contributed by atoms with Gasteiger partial charge in [-0.3, -0.25) is 4.57 Å². The van der Waals surface area contributed by atoms with E-state index in [1.165, 1.54) is 5.69 Å². The molecule has 21 heavy (non-hydrogen) atoms. The number of anilines is 1. The Kier molecular flexibility index (Phi) is 3.68. The lowest BCUT2D eigenvalue weighted by atomic mass is 10.2. The van der Waals surface area contributed by atoms with Crippen LogP contribution in [0.3, 0.4) is 0 Å². The summed E-state index contributed by atoms with van der Waals surface area (Å²) in [5.74, 6) is 0. The number of hydrogen-bond acceptors (Lipinski definition) is 4. The summed E-state index contributed by atoms with van der Waals surface area (Å²) in [7, 11) is 0. The monoisotopic (exact) mass is 282 g/mol. The fraction of sp³-hybridized carbons (Fsp3) is 0.267. The van der Waals surface area contributed by atoms with Crippen LogP contribution in [0.15, 0.2) is 49.4 Å². The molecule has 0 atom stereocenters. The summed E-state index contributed by atoms with van der Waals surface area (Å²) in [6.45, 7) is 5.04. The molecule has 1 N–H and O–H groups in total. The number of imidazole rings is 1. The van der Waals surface area contributed by atoms with E-state index < -0.39 is 0 Å². The van der Waals surface area contributed by atoms with Gasteiger partial charge in [0.1, 0.15) is 12.7 Å². The van der Waals surface area contributed by atoms with E-state index in [0.29, 0.717) is 6.04 Å². The Morgan fingerprint density at radius 3 is 2.71 bits per heavy atom. The smallest absolute Gasteiger partial charge is 0.123 e. The van der Waals surface area contributed by atoms with E-state index in [2.05, 4.69) is 45.0 Å². The lowest BCUT2D eigenvalue weighted by Crippen LogP contribution is -2.08. The second-order valence-electron chi connectivity index (χ2n) is 5.16. The van der Waals surface area contributed by atoms with Gasteiger partial charge in [0.05, 0.1) is 24.3 Å². The fourth-order valence-corrected chi connectivity index (χ4v) is 2.24. The molecule has 1 aromatic carbocycles. The van der Waals surface area contributed by atoms with Crippen LogP contribution < -0.4 is 5.32 Å². The third-order valence-electron chi connectivity index (χ3n) is 3.34. The SMILES string of the molecule is CC(C)n1cncc1CNc1cccc(-n2cnnc2)c1. The van der Waals surface area contributed by atoms with Gasteiger partial charge in [0, 0.05) is 17.9 Å². The summed E-state index contributed by atoms with van der Waals surface area (Å²) in [5.41, 5.74) is 3.25. The Balaban J connectivity index is 1.74. The highest BCUT2D eigenvalue weighted by Gasteiger charge is 2.05. The van der Waals surface area contributed by atoms with Crippen molar-refractivity contribution in [3.8, 4) is 5.69 Å². The van der Waals surface area contributed by atoms with E-state index in [1.807, 2.05) is 35.3 Å². The average Bonchev–Trinajstić information content (AvgIpc) is 3.16. The molecule has 0 fully saturated rings. The largest absolute Gasteiger partial charge is 0.379 e. The van der Waals surface area contributed by atoms with E-state index in [4.69, 9.17) is 0 Å². The van der Waals surface area contributed by atoms with Crippen LogP contribution in [-0.4, -0.2) is 24.3 Å². The quantitative estimate of drug-likeness (QED) is 0.781. The third-order valence-corrected chi connectivity index (χ3v) is 3.34. The van der Waals surface area contributed by atoms with E-state index in [-0.39, 0.29) is 0 Å². The molecule has 6 nitrogen and oxygen atoms in total. The van der Waals surface area contributed by atoms with Crippen molar-refractivity contribution in [2.45, 2.75) is 26.4 Å². The zero-order valence-electron chi connectivity index (χ0n) is 12.1. The lowest BCUT2D eigenvalue weighted by Gasteiger charge is -2.13. The van der Waals surface area contributed by atoms with Crippen LogP contribution in [0.4, 0.5) is 5.69 Å². The van der Waals surface area contributed by atoms with Gasteiger partial charge in [-0.15, -0.1) is 10.2 Å². The van der Waals surface area contributed by atoms with Crippen molar-refractivity contribution in [1.29, 1.82) is 0 Å². The van der Waals surface area contributed by atoms with Crippen LogP contribution in [0.25, 0.3) is 5.69 Å². The van der Waals surface area contributed by atoms with Crippen molar-refractivity contribution >= 4 is 5.69 Å². The molecule has 0 aliphatic carbocycles. The van der Waals surface area contributed by atoms with Crippen molar-refractivity contribution in [1.82, 2.24) is 24.3 Å². The zero-order valence-corrected chi connectivity index (χ0v) is 12.1. The van der Waals surface area contributed by atoms with Crippen molar-refractivity contribution in [3.05, 3.63) is 55.1 Å². The molecule has 0 unspecified atom stereocenters. The molecule has 3 aromatic rings. The van der Waals surface area contributed by atoms with Gasteiger partial charge in [0.2, 0.25) is 0 Å². The van der Waals surface area contributed by atoms with E-state index >= 15 is 0 Å². The first kappa shape index (κ1) is 13.4. The van der Waals surface area contributed by atoms with E-state index in [0.717, 1.165) is 17.9 Å². The summed E-state index contributed by atoms with van der Waals surface area (Å²) < 4.78 is 4.04. The molecular weight excluding hydrogens is 264 g/mol. The van der Waals surface area contributed by atoms with E-state index in [1.54, 1.807) is 12.7 Å². The minimum absolute atomic E-state index is 0.410. The first-order valence-corrected chi connectivity index (χ1v) is 6.93. The van der Waals surface area contributed by atoms with Gasteiger partial charge in [-0.05, 0) is 32.0 Å². The zero-order chi connectivity index (χ0) is 14.7. The second-order valence-corrected chi connectivity index (χ2v) is 5.16. The molecule has 3 rings (SSSR count). The molecule has 0 aliphatic rings. The average molecular weight is 282 g/mol. The van der Waals surface area contributed by atoms with Crippen LogP contribution in [0.2, 0.25) is 0 Å². The maximum absolute atomic E-state index is 4.22.